The highest BCUT2D eigenvalue weighted by atomic mass is 16.4. The molecule has 2 aromatic rings. The summed E-state index contributed by atoms with van der Waals surface area (Å²) in [5.74, 6) is 0.482. The zero-order valence-electron chi connectivity index (χ0n) is 14.4. The Kier molecular flexibility index (Phi) is 3.71. The molecule has 2 aliphatic carbocycles. The molecular weight excluding hydrogens is 296 g/mol. The second kappa shape index (κ2) is 5.77. The third-order valence-corrected chi connectivity index (χ3v) is 6.10. The van der Waals surface area contributed by atoms with Crippen molar-refractivity contribution in [2.24, 2.45) is 5.92 Å². The van der Waals surface area contributed by atoms with Crippen LogP contribution in [-0.4, -0.2) is 11.1 Å². The molecular formula is C22H24O2. The molecule has 1 N–H and O–H groups in total. The Morgan fingerprint density at radius 3 is 2.54 bits per heavy atom. The average molecular weight is 320 g/mol. The maximum Gasteiger partial charge on any atom is 0.303 e. The summed E-state index contributed by atoms with van der Waals surface area (Å²) in [4.78, 5) is 11.4. The largest absolute Gasteiger partial charge is 0.481 e. The summed E-state index contributed by atoms with van der Waals surface area (Å²) in [5, 5.41) is 9.36. The van der Waals surface area contributed by atoms with E-state index >= 15 is 0 Å². The van der Waals surface area contributed by atoms with E-state index in [1.54, 1.807) is 0 Å². The van der Waals surface area contributed by atoms with Crippen molar-refractivity contribution in [2.45, 2.75) is 51.4 Å². The molecule has 0 heterocycles. The molecule has 3 atom stereocenters. The van der Waals surface area contributed by atoms with E-state index in [2.05, 4.69) is 50.2 Å². The van der Waals surface area contributed by atoms with Gasteiger partial charge in [-0.3, -0.25) is 4.79 Å². The van der Waals surface area contributed by atoms with Gasteiger partial charge in [-0.15, -0.1) is 0 Å². The van der Waals surface area contributed by atoms with Crippen LogP contribution in [0.4, 0.5) is 0 Å². The Hall–Kier alpha value is -2.09. The zero-order chi connectivity index (χ0) is 16.8. The summed E-state index contributed by atoms with van der Waals surface area (Å²) in [7, 11) is 0. The minimum Gasteiger partial charge on any atom is -0.481 e. The molecule has 124 valence electrons. The SMILES string of the molecule is Cc1cccc2c1[C@H]1c3c(C)cccc3[C@@H](CC(=O)O)C[C@@H]1CC2. The van der Waals surface area contributed by atoms with Gasteiger partial charge in [0.25, 0.3) is 0 Å². The van der Waals surface area contributed by atoms with Gasteiger partial charge < -0.3 is 5.11 Å². The molecule has 0 saturated heterocycles. The molecule has 2 aromatic carbocycles. The molecule has 0 aromatic heterocycles. The van der Waals surface area contributed by atoms with Gasteiger partial charge in [0.15, 0.2) is 0 Å². The predicted octanol–water partition coefficient (Wildman–Crippen LogP) is 4.96. The van der Waals surface area contributed by atoms with Crippen LogP contribution in [0.15, 0.2) is 36.4 Å². The van der Waals surface area contributed by atoms with Crippen LogP contribution in [0.25, 0.3) is 0 Å². The zero-order valence-corrected chi connectivity index (χ0v) is 14.4. The fourth-order valence-electron chi connectivity index (χ4n) is 5.16. The fourth-order valence-corrected chi connectivity index (χ4v) is 5.16. The van der Waals surface area contributed by atoms with Crippen LogP contribution >= 0.6 is 0 Å². The number of hydrogen-bond acceptors (Lipinski definition) is 1. The molecule has 2 aliphatic rings. The number of aliphatic carboxylic acids is 1. The van der Waals surface area contributed by atoms with Crippen LogP contribution < -0.4 is 0 Å². The minimum atomic E-state index is -0.682. The lowest BCUT2D eigenvalue weighted by Crippen LogP contribution is -2.31. The Bertz CT molecular complexity index is 806. The number of carboxylic acid groups (broad SMARTS) is 1. The summed E-state index contributed by atoms with van der Waals surface area (Å²) < 4.78 is 0. The predicted molar refractivity (Wildman–Crippen MR) is 95.6 cm³/mol. The Morgan fingerprint density at radius 2 is 1.79 bits per heavy atom. The van der Waals surface area contributed by atoms with Crippen molar-refractivity contribution in [2.75, 3.05) is 0 Å². The van der Waals surface area contributed by atoms with Gasteiger partial charge in [-0.05, 0) is 78.3 Å². The van der Waals surface area contributed by atoms with Gasteiger partial charge in [-0.1, -0.05) is 36.4 Å². The van der Waals surface area contributed by atoms with Crippen molar-refractivity contribution in [3.8, 4) is 0 Å². The Morgan fingerprint density at radius 1 is 1.08 bits per heavy atom. The lowest BCUT2D eigenvalue weighted by Gasteiger charge is -2.43. The number of aryl methyl sites for hydroxylation is 3. The van der Waals surface area contributed by atoms with Crippen molar-refractivity contribution in [1.82, 2.24) is 0 Å². The first-order chi connectivity index (χ1) is 11.6. The molecule has 0 bridgehead atoms. The van der Waals surface area contributed by atoms with Gasteiger partial charge in [0.1, 0.15) is 0 Å². The second-order valence-electron chi connectivity index (χ2n) is 7.53. The maximum absolute atomic E-state index is 11.4. The molecule has 4 rings (SSSR count). The number of fused-ring (bicyclic) bond motifs is 5. The molecule has 0 unspecified atom stereocenters. The maximum atomic E-state index is 11.4. The Labute approximate surface area is 143 Å². The van der Waals surface area contributed by atoms with Crippen molar-refractivity contribution in [3.05, 3.63) is 69.8 Å². The summed E-state index contributed by atoms with van der Waals surface area (Å²) in [6.45, 7) is 4.41. The van der Waals surface area contributed by atoms with Gasteiger partial charge >= 0.3 is 5.97 Å². The molecule has 0 radical (unpaired) electrons. The number of benzene rings is 2. The number of carbonyl (C=O) groups is 1. The molecule has 0 fully saturated rings. The summed E-state index contributed by atoms with van der Waals surface area (Å²) in [6, 6.07) is 13.1. The first-order valence-electron chi connectivity index (χ1n) is 8.96. The van der Waals surface area contributed by atoms with Crippen LogP contribution in [0, 0.1) is 19.8 Å². The normalized spacial score (nSPS) is 24.7. The topological polar surface area (TPSA) is 37.3 Å². The fraction of sp³-hybridized carbons (Fsp3) is 0.409. The summed E-state index contributed by atoms with van der Waals surface area (Å²) in [6.07, 6.45) is 3.55. The highest BCUT2D eigenvalue weighted by Crippen LogP contribution is 2.53. The van der Waals surface area contributed by atoms with E-state index in [1.807, 2.05) is 0 Å². The third kappa shape index (κ3) is 2.36. The van der Waals surface area contributed by atoms with E-state index in [4.69, 9.17) is 0 Å². The quantitative estimate of drug-likeness (QED) is 0.849. The lowest BCUT2D eigenvalue weighted by atomic mass is 9.61. The summed E-state index contributed by atoms with van der Waals surface area (Å²) >= 11 is 0. The highest BCUT2D eigenvalue weighted by Gasteiger charge is 2.40. The van der Waals surface area contributed by atoms with Crippen molar-refractivity contribution >= 4 is 5.97 Å². The van der Waals surface area contributed by atoms with Crippen LogP contribution in [0.3, 0.4) is 0 Å². The molecule has 0 aliphatic heterocycles. The third-order valence-electron chi connectivity index (χ3n) is 6.10. The highest BCUT2D eigenvalue weighted by molar-refractivity contribution is 5.68. The van der Waals surface area contributed by atoms with Gasteiger partial charge in [0.05, 0.1) is 6.42 Å². The minimum absolute atomic E-state index is 0.157. The molecule has 0 amide bonds. The molecule has 2 heteroatoms. The van der Waals surface area contributed by atoms with E-state index in [1.165, 1.54) is 39.8 Å². The van der Waals surface area contributed by atoms with E-state index in [-0.39, 0.29) is 12.3 Å². The molecule has 2 nitrogen and oxygen atoms in total. The monoisotopic (exact) mass is 320 g/mol. The first kappa shape index (κ1) is 15.4. The van der Waals surface area contributed by atoms with Crippen molar-refractivity contribution in [1.29, 1.82) is 0 Å². The van der Waals surface area contributed by atoms with Gasteiger partial charge in [0.2, 0.25) is 0 Å². The van der Waals surface area contributed by atoms with E-state index in [9.17, 15) is 9.90 Å². The number of rotatable bonds is 2. The first-order valence-corrected chi connectivity index (χ1v) is 8.96. The van der Waals surface area contributed by atoms with Gasteiger partial charge in [-0.25, -0.2) is 0 Å². The number of hydrogen-bond donors (Lipinski definition) is 1. The van der Waals surface area contributed by atoms with Crippen LogP contribution in [0.1, 0.15) is 64.5 Å². The van der Waals surface area contributed by atoms with Crippen molar-refractivity contribution < 1.29 is 9.90 Å². The Balaban J connectivity index is 1.92. The standard InChI is InChI=1S/C22H24O2/c1-13-5-3-7-15-9-10-16-11-17(12-19(23)24)18-8-4-6-14(2)21(18)22(16)20(13)15/h3-8,16-17,22H,9-12H2,1-2H3,(H,23,24)/t16-,17+,22-/m0/s1. The molecule has 0 saturated carbocycles. The van der Waals surface area contributed by atoms with Crippen LogP contribution in [0.5, 0.6) is 0 Å². The lowest BCUT2D eigenvalue weighted by molar-refractivity contribution is -0.137. The van der Waals surface area contributed by atoms with Crippen LogP contribution in [0.2, 0.25) is 0 Å². The second-order valence-corrected chi connectivity index (χ2v) is 7.53. The van der Waals surface area contributed by atoms with Gasteiger partial charge in [0, 0.05) is 5.92 Å². The average Bonchev–Trinajstić information content (AvgIpc) is 2.54. The van der Waals surface area contributed by atoms with E-state index in [0.29, 0.717) is 11.8 Å². The van der Waals surface area contributed by atoms with E-state index < -0.39 is 5.97 Å². The van der Waals surface area contributed by atoms with Crippen molar-refractivity contribution in [3.63, 3.8) is 0 Å². The smallest absolute Gasteiger partial charge is 0.303 e. The molecule has 0 spiro atoms. The van der Waals surface area contributed by atoms with Crippen LogP contribution in [-0.2, 0) is 11.2 Å². The number of carboxylic acids is 1. The van der Waals surface area contributed by atoms with Gasteiger partial charge in [-0.2, -0.15) is 0 Å². The molecule has 24 heavy (non-hydrogen) atoms. The summed E-state index contributed by atoms with van der Waals surface area (Å²) in [5.41, 5.74) is 8.38. The van der Waals surface area contributed by atoms with E-state index in [0.717, 1.165) is 12.8 Å².